The Bertz CT molecular complexity index is 1070. The van der Waals surface area contributed by atoms with E-state index in [2.05, 4.69) is 41.9 Å². The molecule has 170 valence electrons. The van der Waals surface area contributed by atoms with Crippen LogP contribution >= 0.6 is 7.60 Å². The van der Waals surface area contributed by atoms with Crippen molar-refractivity contribution < 1.29 is 18.3 Å². The second-order valence-electron chi connectivity index (χ2n) is 8.31. The molecule has 4 rings (SSSR count). The normalized spacial score (nSPS) is 19.4. The fourth-order valence-electron chi connectivity index (χ4n) is 4.69. The van der Waals surface area contributed by atoms with Crippen molar-refractivity contribution >= 4 is 13.3 Å². The summed E-state index contributed by atoms with van der Waals surface area (Å²) >= 11 is 0. The first kappa shape index (κ1) is 22.8. The molecule has 0 fully saturated rings. The lowest BCUT2D eigenvalue weighted by molar-refractivity contribution is 0.264. The Morgan fingerprint density at radius 3 is 2.50 bits per heavy atom. The van der Waals surface area contributed by atoms with Crippen LogP contribution < -0.4 is 9.64 Å². The van der Waals surface area contributed by atoms with Gasteiger partial charge in [0.05, 0.1) is 17.7 Å². The highest BCUT2D eigenvalue weighted by Gasteiger charge is 2.48. The maximum Gasteiger partial charge on any atom is 0.342 e. The van der Waals surface area contributed by atoms with Crippen LogP contribution in [0.25, 0.3) is 0 Å². The molecular weight excluding hydrogens is 423 g/mol. The number of benzene rings is 1. The predicted molar refractivity (Wildman–Crippen MR) is 128 cm³/mol. The second kappa shape index (κ2) is 8.88. The van der Waals surface area contributed by atoms with Crippen molar-refractivity contribution in [3.63, 3.8) is 0 Å². The molecule has 1 aromatic carbocycles. The van der Waals surface area contributed by atoms with Crippen molar-refractivity contribution in [2.24, 2.45) is 0 Å². The maximum atomic E-state index is 13.7. The van der Waals surface area contributed by atoms with Crippen LogP contribution in [0.15, 0.2) is 58.5 Å². The maximum absolute atomic E-state index is 13.7. The molecule has 7 heteroatoms. The topological polar surface area (TPSA) is 51.2 Å². The van der Waals surface area contributed by atoms with E-state index in [0.717, 1.165) is 59.8 Å². The molecule has 0 saturated heterocycles. The zero-order valence-electron chi connectivity index (χ0n) is 19.8. The summed E-state index contributed by atoms with van der Waals surface area (Å²) in [6, 6.07) is 6.11. The van der Waals surface area contributed by atoms with Crippen LogP contribution in [0.1, 0.15) is 37.9 Å². The van der Waals surface area contributed by atoms with Gasteiger partial charge in [0.2, 0.25) is 5.76 Å². The van der Waals surface area contributed by atoms with E-state index < -0.39 is 13.3 Å². The van der Waals surface area contributed by atoms with Gasteiger partial charge in [-0.05, 0) is 26.3 Å². The van der Waals surface area contributed by atoms with E-state index in [1.165, 1.54) is 19.8 Å². The summed E-state index contributed by atoms with van der Waals surface area (Å²) in [7, 11) is 3.51. The molecule has 32 heavy (non-hydrogen) atoms. The molecule has 1 unspecified atom stereocenters. The average molecular weight is 456 g/mol. The van der Waals surface area contributed by atoms with Crippen LogP contribution in [0.2, 0.25) is 0 Å². The number of nitrogens with zero attached hydrogens (tertiary/aromatic N) is 2. The summed E-state index contributed by atoms with van der Waals surface area (Å²) in [4.78, 5) is 4.33. The number of fused-ring (bicyclic) bond motifs is 2. The average Bonchev–Trinajstić information content (AvgIpc) is 2.82. The standard InChI is InChI=1S/C25H32N2O4P/c1-7-27(8-2)19-11-14-21-23(16-19)31-24-20-13-10-18(26(3)4)15-17(20)9-12-22(24)25(21)32(28,29-5)30-6/h10-11,14-16,25H,7-9,12H2,1-6H3/q+1. The van der Waals surface area contributed by atoms with Gasteiger partial charge in [0, 0.05) is 76.8 Å². The van der Waals surface area contributed by atoms with Crippen LogP contribution in [0.5, 0.6) is 5.75 Å². The number of rotatable bonds is 7. The highest BCUT2D eigenvalue weighted by atomic mass is 31.2. The van der Waals surface area contributed by atoms with Gasteiger partial charge in [-0.25, -0.2) is 0 Å². The quantitative estimate of drug-likeness (QED) is 0.393. The molecule has 0 amide bonds. The van der Waals surface area contributed by atoms with Crippen molar-refractivity contribution in [2.75, 3.05) is 46.3 Å². The number of anilines is 1. The first-order valence-corrected chi connectivity index (χ1v) is 12.7. The summed E-state index contributed by atoms with van der Waals surface area (Å²) in [6.45, 7) is 6.05. The fourth-order valence-corrected chi connectivity index (χ4v) is 6.44. The minimum absolute atomic E-state index is 0.503. The number of hydrogen-bond donors (Lipinski definition) is 0. The van der Waals surface area contributed by atoms with E-state index >= 15 is 0 Å². The van der Waals surface area contributed by atoms with Crippen molar-refractivity contribution in [1.29, 1.82) is 0 Å². The monoisotopic (exact) mass is 455 g/mol. The largest absolute Gasteiger partial charge is 0.411 e. The molecule has 0 radical (unpaired) electrons. The molecule has 0 aromatic heterocycles. The Balaban J connectivity index is 1.88. The Morgan fingerprint density at radius 2 is 1.88 bits per heavy atom. The lowest BCUT2D eigenvalue weighted by Gasteiger charge is -2.34. The van der Waals surface area contributed by atoms with E-state index in [1.807, 2.05) is 32.3 Å². The van der Waals surface area contributed by atoms with Gasteiger partial charge in [-0.2, -0.15) is 0 Å². The summed E-state index contributed by atoms with van der Waals surface area (Å²) in [6.07, 6.45) is 9.14. The first-order chi connectivity index (χ1) is 15.4. The lowest BCUT2D eigenvalue weighted by Crippen LogP contribution is -2.24. The molecule has 1 atom stereocenters. The molecule has 0 saturated carbocycles. The summed E-state index contributed by atoms with van der Waals surface area (Å²) in [5.74, 6) is 1.44. The van der Waals surface area contributed by atoms with Gasteiger partial charge < -0.3 is 23.6 Å². The van der Waals surface area contributed by atoms with Crippen molar-refractivity contribution in [2.45, 2.75) is 32.3 Å². The predicted octanol–water partition coefficient (Wildman–Crippen LogP) is 5.62. The van der Waals surface area contributed by atoms with Gasteiger partial charge in [-0.15, -0.1) is 0 Å². The van der Waals surface area contributed by atoms with Gasteiger partial charge in [-0.1, -0.05) is 6.07 Å². The van der Waals surface area contributed by atoms with Gasteiger partial charge in [0.1, 0.15) is 17.1 Å². The Kier molecular flexibility index (Phi) is 6.33. The van der Waals surface area contributed by atoms with E-state index in [4.69, 9.17) is 13.8 Å². The molecule has 0 spiro atoms. The molecule has 0 bridgehead atoms. The zero-order chi connectivity index (χ0) is 23.0. The summed E-state index contributed by atoms with van der Waals surface area (Å²) in [5, 5.41) is 0. The number of ether oxygens (including phenoxy) is 1. The van der Waals surface area contributed by atoms with Crippen molar-refractivity contribution in [1.82, 2.24) is 4.90 Å². The Labute approximate surface area is 191 Å². The third-order valence-corrected chi connectivity index (χ3v) is 8.73. The number of hydrogen-bond acceptors (Lipinski definition) is 6. The molecule has 6 nitrogen and oxygen atoms in total. The van der Waals surface area contributed by atoms with E-state index in [1.54, 1.807) is 0 Å². The fraction of sp³-hybridized carbons (Fsp3) is 0.440. The Morgan fingerprint density at radius 1 is 1.16 bits per heavy atom. The smallest absolute Gasteiger partial charge is 0.342 e. The summed E-state index contributed by atoms with van der Waals surface area (Å²) in [5.41, 5.74) is 5.59. The van der Waals surface area contributed by atoms with Crippen LogP contribution in [-0.2, 0) is 13.6 Å². The molecule has 1 aliphatic heterocycles. The highest BCUT2D eigenvalue weighted by molar-refractivity contribution is 7.54. The molecular formula is C25H32N2O4P+. The second-order valence-corrected chi connectivity index (χ2v) is 10.6. The zero-order valence-corrected chi connectivity index (χ0v) is 20.7. The third kappa shape index (κ3) is 3.72. The summed E-state index contributed by atoms with van der Waals surface area (Å²) < 4.78 is 31.3. The Hall–Kier alpha value is -2.36. The van der Waals surface area contributed by atoms with E-state index in [-0.39, 0.29) is 0 Å². The van der Waals surface area contributed by atoms with E-state index in [0.29, 0.717) is 5.75 Å². The van der Waals surface area contributed by atoms with Crippen LogP contribution in [-0.4, -0.2) is 46.3 Å². The molecule has 1 heterocycles. The molecule has 0 N–H and O–H groups in total. The number of likely N-dealkylation sites (N-methyl/N-ethyl adjacent to an activating group) is 1. The van der Waals surface area contributed by atoms with E-state index in [9.17, 15) is 4.57 Å². The SMILES string of the molecule is CCN(CC)c1ccc2c(c1)OC1=C(CCC3=C1[C+]=CC(N(C)C)=C3)C2P(=O)(OC)OC. The van der Waals surface area contributed by atoms with Crippen LogP contribution in [0.4, 0.5) is 5.69 Å². The minimum Gasteiger partial charge on any atom is -0.411 e. The highest BCUT2D eigenvalue weighted by Crippen LogP contribution is 2.67. The van der Waals surface area contributed by atoms with Crippen LogP contribution in [0, 0.1) is 6.08 Å². The first-order valence-electron chi connectivity index (χ1n) is 11.1. The molecule has 2 aliphatic carbocycles. The van der Waals surface area contributed by atoms with Crippen LogP contribution in [0.3, 0.4) is 0 Å². The number of allylic oxidation sites excluding steroid dienone is 5. The van der Waals surface area contributed by atoms with Crippen molar-refractivity contribution in [3.8, 4) is 5.75 Å². The van der Waals surface area contributed by atoms with Gasteiger partial charge >= 0.3 is 7.60 Å². The van der Waals surface area contributed by atoms with Gasteiger partial charge in [0.25, 0.3) is 0 Å². The van der Waals surface area contributed by atoms with Gasteiger partial charge in [0.15, 0.2) is 5.57 Å². The third-order valence-electron chi connectivity index (χ3n) is 6.49. The van der Waals surface area contributed by atoms with Gasteiger partial charge in [-0.3, -0.25) is 4.57 Å². The lowest BCUT2D eigenvalue weighted by atomic mass is 9.83. The molecule has 3 aliphatic rings. The molecule has 1 aromatic rings. The minimum atomic E-state index is -3.44. The van der Waals surface area contributed by atoms with Crippen molar-refractivity contribution in [3.05, 3.63) is 70.2 Å².